The number of carbonyl (C=O) groups excluding carboxylic acids is 1. The molecule has 0 rings (SSSR count). The normalized spacial score (nSPS) is 11.5. The second-order valence-electron chi connectivity index (χ2n) is 3.74. The van der Waals surface area contributed by atoms with Crippen LogP contribution in [0.4, 0.5) is 0 Å². The highest BCUT2D eigenvalue weighted by atomic mass is 16.7. The van der Waals surface area contributed by atoms with E-state index in [4.69, 9.17) is 9.47 Å². The maximum Gasteiger partial charge on any atom is 0.189 e. The van der Waals surface area contributed by atoms with E-state index in [-0.39, 0.29) is 6.79 Å². The van der Waals surface area contributed by atoms with Gasteiger partial charge < -0.3 is 9.47 Å². The van der Waals surface area contributed by atoms with E-state index in [2.05, 4.69) is 13.8 Å². The standard InChI is InChI=1S/C13H24O3/c1-3-5-7-9-13(11-14)16-12-15-10-8-6-4-2/h9,11H,3-8,10,12H2,1-2H3/b13-9+. The zero-order chi connectivity index (χ0) is 12.1. The maximum absolute atomic E-state index is 10.6. The van der Waals surface area contributed by atoms with Gasteiger partial charge in [0.05, 0.1) is 6.61 Å². The molecule has 0 amide bonds. The van der Waals surface area contributed by atoms with E-state index in [0.29, 0.717) is 12.4 Å². The van der Waals surface area contributed by atoms with Gasteiger partial charge in [0.2, 0.25) is 0 Å². The molecular weight excluding hydrogens is 204 g/mol. The molecule has 0 atom stereocenters. The summed E-state index contributed by atoms with van der Waals surface area (Å²) in [4.78, 5) is 10.6. The molecule has 0 bridgehead atoms. The van der Waals surface area contributed by atoms with Gasteiger partial charge in [-0.2, -0.15) is 0 Å². The topological polar surface area (TPSA) is 35.5 Å². The summed E-state index contributed by atoms with van der Waals surface area (Å²) in [5, 5.41) is 0. The highest BCUT2D eigenvalue weighted by Crippen LogP contribution is 2.01. The van der Waals surface area contributed by atoms with Crippen molar-refractivity contribution in [3.05, 3.63) is 11.8 Å². The van der Waals surface area contributed by atoms with Gasteiger partial charge in [-0.15, -0.1) is 0 Å². The molecule has 0 heterocycles. The van der Waals surface area contributed by atoms with Crippen molar-refractivity contribution >= 4 is 6.29 Å². The first-order valence-electron chi connectivity index (χ1n) is 6.21. The lowest BCUT2D eigenvalue weighted by Crippen LogP contribution is -2.02. The predicted molar refractivity (Wildman–Crippen MR) is 65.1 cm³/mol. The lowest BCUT2D eigenvalue weighted by atomic mass is 10.2. The Labute approximate surface area is 98.8 Å². The van der Waals surface area contributed by atoms with Crippen LogP contribution in [0.25, 0.3) is 0 Å². The number of carbonyl (C=O) groups is 1. The zero-order valence-electron chi connectivity index (χ0n) is 10.5. The highest BCUT2D eigenvalue weighted by molar-refractivity contribution is 5.69. The van der Waals surface area contributed by atoms with E-state index in [1.807, 2.05) is 6.08 Å². The van der Waals surface area contributed by atoms with Crippen LogP contribution in [-0.2, 0) is 14.3 Å². The molecule has 94 valence electrons. The van der Waals surface area contributed by atoms with Crippen LogP contribution < -0.4 is 0 Å². The molecule has 0 saturated heterocycles. The van der Waals surface area contributed by atoms with Crippen LogP contribution in [-0.4, -0.2) is 19.7 Å². The first-order chi connectivity index (χ1) is 7.85. The van der Waals surface area contributed by atoms with Crippen LogP contribution >= 0.6 is 0 Å². The Morgan fingerprint density at radius 3 is 2.50 bits per heavy atom. The fourth-order valence-electron chi connectivity index (χ4n) is 1.21. The fraction of sp³-hybridized carbons (Fsp3) is 0.769. The van der Waals surface area contributed by atoms with E-state index >= 15 is 0 Å². The molecule has 0 aromatic heterocycles. The van der Waals surface area contributed by atoms with Crippen molar-refractivity contribution in [1.29, 1.82) is 0 Å². The number of unbranched alkanes of at least 4 members (excludes halogenated alkanes) is 4. The van der Waals surface area contributed by atoms with Gasteiger partial charge in [0.15, 0.2) is 18.8 Å². The van der Waals surface area contributed by atoms with Gasteiger partial charge >= 0.3 is 0 Å². The number of rotatable bonds is 11. The second-order valence-corrected chi connectivity index (χ2v) is 3.74. The Morgan fingerprint density at radius 2 is 1.88 bits per heavy atom. The van der Waals surface area contributed by atoms with Crippen molar-refractivity contribution < 1.29 is 14.3 Å². The summed E-state index contributed by atoms with van der Waals surface area (Å²) in [6.45, 7) is 5.15. The fourth-order valence-corrected chi connectivity index (χ4v) is 1.21. The van der Waals surface area contributed by atoms with Crippen LogP contribution in [0.3, 0.4) is 0 Å². The summed E-state index contributed by atoms with van der Waals surface area (Å²) >= 11 is 0. The lowest BCUT2D eigenvalue weighted by Gasteiger charge is -2.06. The van der Waals surface area contributed by atoms with E-state index in [0.717, 1.165) is 32.0 Å². The lowest BCUT2D eigenvalue weighted by molar-refractivity contribution is -0.111. The van der Waals surface area contributed by atoms with E-state index < -0.39 is 0 Å². The number of hydrogen-bond donors (Lipinski definition) is 0. The molecule has 0 aromatic rings. The van der Waals surface area contributed by atoms with Gasteiger partial charge in [0.25, 0.3) is 0 Å². The average Bonchev–Trinajstić information content (AvgIpc) is 2.31. The van der Waals surface area contributed by atoms with Crippen LogP contribution in [0.15, 0.2) is 11.8 Å². The second kappa shape index (κ2) is 12.2. The molecule has 0 radical (unpaired) electrons. The zero-order valence-corrected chi connectivity index (χ0v) is 10.5. The molecule has 0 spiro atoms. The molecule has 0 aromatic carbocycles. The van der Waals surface area contributed by atoms with Crippen LogP contribution in [0.2, 0.25) is 0 Å². The molecule has 3 heteroatoms. The van der Waals surface area contributed by atoms with Gasteiger partial charge in [0, 0.05) is 0 Å². The SMILES string of the molecule is CCCC/C=C(\C=O)OCOCCCCC. The molecule has 0 unspecified atom stereocenters. The van der Waals surface area contributed by atoms with Crippen molar-refractivity contribution in [2.45, 2.75) is 52.4 Å². The minimum absolute atomic E-state index is 0.181. The third-order valence-corrected chi connectivity index (χ3v) is 2.22. The van der Waals surface area contributed by atoms with Gasteiger partial charge in [-0.25, -0.2) is 0 Å². The number of aldehydes is 1. The monoisotopic (exact) mass is 228 g/mol. The Kier molecular flexibility index (Phi) is 11.6. The third kappa shape index (κ3) is 9.71. The van der Waals surface area contributed by atoms with Gasteiger partial charge in [0.1, 0.15) is 0 Å². The van der Waals surface area contributed by atoms with E-state index in [1.165, 1.54) is 12.8 Å². The Bertz CT molecular complexity index is 188. The van der Waals surface area contributed by atoms with E-state index in [9.17, 15) is 4.79 Å². The molecule has 0 saturated carbocycles. The summed E-state index contributed by atoms with van der Waals surface area (Å²) < 4.78 is 10.4. The van der Waals surface area contributed by atoms with Crippen LogP contribution in [0, 0.1) is 0 Å². The molecule has 16 heavy (non-hydrogen) atoms. The van der Waals surface area contributed by atoms with Gasteiger partial charge in [-0.05, 0) is 25.3 Å². The van der Waals surface area contributed by atoms with Crippen LogP contribution in [0.5, 0.6) is 0 Å². The molecule has 0 aliphatic rings. The van der Waals surface area contributed by atoms with Gasteiger partial charge in [-0.3, -0.25) is 4.79 Å². The smallest absolute Gasteiger partial charge is 0.189 e. The Hall–Kier alpha value is -0.830. The minimum atomic E-state index is 0.181. The summed E-state index contributed by atoms with van der Waals surface area (Å²) in [5.74, 6) is 0.393. The molecule has 0 aliphatic carbocycles. The first kappa shape index (κ1) is 15.2. The molecular formula is C13H24O3. The van der Waals surface area contributed by atoms with Crippen LogP contribution in [0.1, 0.15) is 52.4 Å². The minimum Gasteiger partial charge on any atom is -0.464 e. The average molecular weight is 228 g/mol. The highest BCUT2D eigenvalue weighted by Gasteiger charge is 1.95. The summed E-state index contributed by atoms with van der Waals surface area (Å²) in [5.41, 5.74) is 0. The Balaban J connectivity index is 3.47. The summed E-state index contributed by atoms with van der Waals surface area (Å²) in [7, 11) is 0. The van der Waals surface area contributed by atoms with Crippen molar-refractivity contribution in [3.8, 4) is 0 Å². The van der Waals surface area contributed by atoms with Crippen molar-refractivity contribution in [2.75, 3.05) is 13.4 Å². The van der Waals surface area contributed by atoms with Crippen molar-refractivity contribution in [2.24, 2.45) is 0 Å². The third-order valence-electron chi connectivity index (χ3n) is 2.22. The largest absolute Gasteiger partial charge is 0.464 e. The summed E-state index contributed by atoms with van der Waals surface area (Å²) in [6, 6.07) is 0. The predicted octanol–water partition coefficient (Wildman–Crippen LogP) is 3.44. The van der Waals surface area contributed by atoms with Crippen molar-refractivity contribution in [3.63, 3.8) is 0 Å². The van der Waals surface area contributed by atoms with Crippen molar-refractivity contribution in [1.82, 2.24) is 0 Å². The Morgan fingerprint density at radius 1 is 1.12 bits per heavy atom. The molecule has 0 fully saturated rings. The number of hydrogen-bond acceptors (Lipinski definition) is 3. The number of ether oxygens (including phenoxy) is 2. The van der Waals surface area contributed by atoms with E-state index in [1.54, 1.807) is 0 Å². The van der Waals surface area contributed by atoms with Gasteiger partial charge in [-0.1, -0.05) is 33.1 Å². The molecule has 3 nitrogen and oxygen atoms in total. The quantitative estimate of drug-likeness (QED) is 0.179. The summed E-state index contributed by atoms with van der Waals surface area (Å²) in [6.07, 6.45) is 9.06. The maximum atomic E-state index is 10.6. The molecule has 0 aliphatic heterocycles. The first-order valence-corrected chi connectivity index (χ1v) is 6.21. The number of allylic oxidation sites excluding steroid dienone is 2. The molecule has 0 N–H and O–H groups in total.